The van der Waals surface area contributed by atoms with Gasteiger partial charge in [0, 0.05) is 7.05 Å². The highest BCUT2D eigenvalue weighted by Crippen LogP contribution is 2.26. The van der Waals surface area contributed by atoms with Gasteiger partial charge in [0.2, 0.25) is 5.13 Å². The van der Waals surface area contributed by atoms with Crippen molar-refractivity contribution in [2.75, 3.05) is 12.4 Å². The molecule has 0 amide bonds. The summed E-state index contributed by atoms with van der Waals surface area (Å²) in [7, 11) is 1.84. The summed E-state index contributed by atoms with van der Waals surface area (Å²) in [4.78, 5) is 0. The largest absolute Gasteiger partial charge is 0.363 e. The van der Waals surface area contributed by atoms with Gasteiger partial charge in [-0.15, -0.1) is 20.4 Å². The lowest BCUT2D eigenvalue weighted by molar-refractivity contribution is 1.01. The van der Waals surface area contributed by atoms with Gasteiger partial charge in [0.1, 0.15) is 10.5 Å². The van der Waals surface area contributed by atoms with Gasteiger partial charge in [-0.3, -0.25) is 0 Å². The average Bonchev–Trinajstić information content (AvgIpc) is 2.86. The average molecular weight is 245 g/mol. The Morgan fingerprint density at radius 2 is 2.36 bits per heavy atom. The monoisotopic (exact) mass is 245 g/mol. The lowest BCUT2D eigenvalue weighted by Gasteiger charge is -1.89. The number of nitrogens with zero attached hydrogens (tertiary/aromatic N) is 4. The van der Waals surface area contributed by atoms with Crippen molar-refractivity contribution in [1.82, 2.24) is 20.4 Å². The van der Waals surface area contributed by atoms with Crippen molar-refractivity contribution in [2.24, 2.45) is 0 Å². The molecule has 0 unspecified atom stereocenters. The van der Waals surface area contributed by atoms with E-state index in [-0.39, 0.29) is 0 Å². The molecule has 5 nitrogen and oxygen atoms in total. The van der Waals surface area contributed by atoms with E-state index in [1.807, 2.05) is 7.05 Å². The summed E-state index contributed by atoms with van der Waals surface area (Å²) in [5, 5.41) is 20.5. The second-order valence-corrected chi connectivity index (χ2v) is 5.36. The molecular weight excluding hydrogens is 238 g/mol. The molecule has 0 aromatic carbocycles. The third-order valence-corrected chi connectivity index (χ3v) is 4.33. The van der Waals surface area contributed by atoms with Crippen LogP contribution in [0.2, 0.25) is 0 Å². The van der Waals surface area contributed by atoms with Crippen LogP contribution in [0.5, 0.6) is 0 Å². The van der Waals surface area contributed by atoms with Crippen LogP contribution in [0, 0.1) is 0 Å². The van der Waals surface area contributed by atoms with Crippen molar-refractivity contribution in [3.05, 3.63) is 10.5 Å². The zero-order chi connectivity index (χ0) is 9.80. The quantitative estimate of drug-likeness (QED) is 0.828. The summed E-state index contributed by atoms with van der Waals surface area (Å²) in [6, 6.07) is 0. The Balaban J connectivity index is 1.92. The van der Waals surface area contributed by atoms with Crippen LogP contribution in [0.3, 0.4) is 0 Å². The maximum absolute atomic E-state index is 4.03. The normalized spacial score (nSPS) is 10.4. The first-order valence-corrected chi connectivity index (χ1v) is 6.46. The number of rotatable bonds is 4. The van der Waals surface area contributed by atoms with Crippen LogP contribution < -0.4 is 5.32 Å². The van der Waals surface area contributed by atoms with Crippen molar-refractivity contribution >= 4 is 39.6 Å². The number of hydrogen-bond donors (Lipinski definition) is 1. The second-order valence-electron chi connectivity index (χ2n) is 2.24. The first-order chi connectivity index (χ1) is 6.88. The van der Waals surface area contributed by atoms with E-state index in [9.17, 15) is 0 Å². The van der Waals surface area contributed by atoms with Crippen molar-refractivity contribution < 1.29 is 0 Å². The summed E-state index contributed by atoms with van der Waals surface area (Å²) in [6.07, 6.45) is 0. The van der Waals surface area contributed by atoms with Crippen molar-refractivity contribution in [2.45, 2.75) is 10.1 Å². The molecule has 0 saturated heterocycles. The van der Waals surface area contributed by atoms with Gasteiger partial charge < -0.3 is 5.32 Å². The van der Waals surface area contributed by atoms with Crippen LogP contribution in [0.15, 0.2) is 9.85 Å². The van der Waals surface area contributed by atoms with Gasteiger partial charge in [-0.25, -0.2) is 0 Å². The molecule has 74 valence electrons. The van der Waals surface area contributed by atoms with Gasteiger partial charge in [-0.1, -0.05) is 34.4 Å². The fourth-order valence-electron chi connectivity index (χ4n) is 0.762. The molecule has 0 aliphatic carbocycles. The van der Waals surface area contributed by atoms with Crippen LogP contribution >= 0.6 is 34.4 Å². The summed E-state index contributed by atoms with van der Waals surface area (Å²) < 4.78 is 0.964. The minimum absolute atomic E-state index is 0.800. The molecule has 2 heterocycles. The molecule has 0 aliphatic heterocycles. The predicted octanol–water partition coefficient (Wildman–Crippen LogP) is 1.72. The van der Waals surface area contributed by atoms with E-state index in [4.69, 9.17) is 0 Å². The van der Waals surface area contributed by atoms with E-state index in [0.29, 0.717) is 0 Å². The standard InChI is InChI=1S/C6H7N5S3/c1-7-5-10-9-4(14-5)2-12-6-11-8-3-13-6/h3H,2H2,1H3,(H,7,10). The summed E-state index contributed by atoms with van der Waals surface area (Å²) in [6.45, 7) is 0. The highest BCUT2D eigenvalue weighted by atomic mass is 32.2. The third-order valence-electron chi connectivity index (χ3n) is 1.34. The third kappa shape index (κ3) is 2.40. The number of thioether (sulfide) groups is 1. The zero-order valence-corrected chi connectivity index (χ0v) is 9.75. The molecule has 1 N–H and O–H groups in total. The second kappa shape index (κ2) is 4.67. The fourth-order valence-corrected chi connectivity index (χ4v) is 2.93. The molecule has 0 radical (unpaired) electrons. The maximum atomic E-state index is 4.03. The lowest BCUT2D eigenvalue weighted by atomic mass is 10.9. The molecule has 0 spiro atoms. The molecule has 0 saturated carbocycles. The van der Waals surface area contributed by atoms with Crippen LogP contribution in [-0.2, 0) is 5.75 Å². The number of nitrogens with one attached hydrogen (secondary N) is 1. The van der Waals surface area contributed by atoms with E-state index < -0.39 is 0 Å². The molecule has 2 rings (SSSR count). The van der Waals surface area contributed by atoms with E-state index in [1.54, 1.807) is 28.6 Å². The Hall–Kier alpha value is -0.730. The summed E-state index contributed by atoms with van der Waals surface area (Å²) >= 11 is 4.72. The van der Waals surface area contributed by atoms with Crippen molar-refractivity contribution in [3.63, 3.8) is 0 Å². The molecule has 2 aromatic rings. The van der Waals surface area contributed by atoms with Crippen LogP contribution in [0.25, 0.3) is 0 Å². The van der Waals surface area contributed by atoms with Crippen molar-refractivity contribution in [1.29, 1.82) is 0 Å². The molecule has 0 fully saturated rings. The summed E-state index contributed by atoms with van der Waals surface area (Å²) in [5.74, 6) is 0.800. The Bertz CT molecular complexity index is 384. The first-order valence-electron chi connectivity index (χ1n) is 3.77. The Morgan fingerprint density at radius 3 is 3.00 bits per heavy atom. The number of hydrogen-bond acceptors (Lipinski definition) is 8. The molecule has 2 aromatic heterocycles. The number of aromatic nitrogens is 4. The van der Waals surface area contributed by atoms with E-state index in [1.165, 1.54) is 11.3 Å². The van der Waals surface area contributed by atoms with Crippen LogP contribution in [0.1, 0.15) is 5.01 Å². The number of anilines is 1. The topological polar surface area (TPSA) is 63.6 Å². The first kappa shape index (κ1) is 9.81. The SMILES string of the molecule is CNc1nnc(CSc2nncs2)s1. The van der Waals surface area contributed by atoms with Gasteiger partial charge >= 0.3 is 0 Å². The van der Waals surface area contributed by atoms with Crippen LogP contribution in [-0.4, -0.2) is 27.4 Å². The Morgan fingerprint density at radius 1 is 1.43 bits per heavy atom. The van der Waals surface area contributed by atoms with Gasteiger partial charge in [-0.05, 0) is 0 Å². The Labute approximate surface area is 93.0 Å². The molecule has 14 heavy (non-hydrogen) atoms. The fraction of sp³-hybridized carbons (Fsp3) is 0.333. The minimum Gasteiger partial charge on any atom is -0.363 e. The van der Waals surface area contributed by atoms with E-state index >= 15 is 0 Å². The zero-order valence-electron chi connectivity index (χ0n) is 7.30. The molecule has 0 bridgehead atoms. The summed E-state index contributed by atoms with van der Waals surface area (Å²) in [5.41, 5.74) is 1.72. The molecule has 0 atom stereocenters. The lowest BCUT2D eigenvalue weighted by Crippen LogP contribution is -1.84. The van der Waals surface area contributed by atoms with Gasteiger partial charge in [0.25, 0.3) is 0 Å². The van der Waals surface area contributed by atoms with Crippen molar-refractivity contribution in [3.8, 4) is 0 Å². The van der Waals surface area contributed by atoms with Crippen LogP contribution in [0.4, 0.5) is 5.13 Å². The van der Waals surface area contributed by atoms with E-state index in [2.05, 4.69) is 25.7 Å². The molecular formula is C6H7N5S3. The predicted molar refractivity (Wildman–Crippen MR) is 58.9 cm³/mol. The highest BCUT2D eigenvalue weighted by Gasteiger charge is 2.04. The highest BCUT2D eigenvalue weighted by molar-refractivity contribution is 8.00. The van der Waals surface area contributed by atoms with Gasteiger partial charge in [-0.2, -0.15) is 0 Å². The minimum atomic E-state index is 0.800. The van der Waals surface area contributed by atoms with Gasteiger partial charge in [0.15, 0.2) is 4.34 Å². The Kier molecular flexibility index (Phi) is 3.27. The molecule has 0 aliphatic rings. The van der Waals surface area contributed by atoms with E-state index in [0.717, 1.165) is 20.2 Å². The maximum Gasteiger partial charge on any atom is 0.205 e. The van der Waals surface area contributed by atoms with Gasteiger partial charge in [0.05, 0.1) is 5.75 Å². The molecule has 8 heteroatoms. The smallest absolute Gasteiger partial charge is 0.205 e.